The predicted molar refractivity (Wildman–Crippen MR) is 65.5 cm³/mol. The molecule has 0 heterocycles. The highest BCUT2D eigenvalue weighted by atomic mass is 16.5. The zero-order valence-corrected chi connectivity index (χ0v) is 10.6. The summed E-state index contributed by atoms with van der Waals surface area (Å²) in [5, 5.41) is 12.4. The maximum atomic E-state index is 11.7. The molecule has 1 rings (SSSR count). The highest BCUT2D eigenvalue weighted by Crippen LogP contribution is 2.31. The van der Waals surface area contributed by atoms with E-state index in [1.165, 1.54) is 6.42 Å². The molecule has 0 aromatic heterocycles. The predicted octanol–water partition coefficient (Wildman–Crippen LogP) is 0.0191. The van der Waals surface area contributed by atoms with Gasteiger partial charge in [0.25, 0.3) is 0 Å². The minimum atomic E-state index is -0.444. The van der Waals surface area contributed by atoms with Gasteiger partial charge in [-0.15, -0.1) is 0 Å². The first kappa shape index (κ1) is 14.4. The van der Waals surface area contributed by atoms with Gasteiger partial charge in [-0.05, 0) is 18.8 Å². The van der Waals surface area contributed by atoms with Crippen LogP contribution in [-0.2, 0) is 9.53 Å². The molecule has 5 nitrogen and oxygen atoms in total. The Labute approximate surface area is 103 Å². The fraction of sp³-hybridized carbons (Fsp3) is 0.917. The lowest BCUT2D eigenvalue weighted by Crippen LogP contribution is -2.54. The number of nitrogens with two attached hydrogens (primary N) is 1. The molecule has 0 aliphatic heterocycles. The van der Waals surface area contributed by atoms with E-state index in [1.54, 1.807) is 0 Å². The number of hydrogen-bond acceptors (Lipinski definition) is 4. The highest BCUT2D eigenvalue weighted by Gasteiger charge is 2.35. The third-order valence-electron chi connectivity index (χ3n) is 3.29. The molecule has 100 valence electrons. The molecule has 1 amide bonds. The van der Waals surface area contributed by atoms with Gasteiger partial charge >= 0.3 is 0 Å². The molecule has 1 saturated carbocycles. The molecule has 0 bridgehead atoms. The molecule has 1 aliphatic carbocycles. The van der Waals surface area contributed by atoms with Gasteiger partial charge < -0.3 is 20.9 Å². The van der Waals surface area contributed by atoms with Crippen molar-refractivity contribution < 1.29 is 14.6 Å². The van der Waals surface area contributed by atoms with Crippen molar-refractivity contribution in [2.75, 3.05) is 26.4 Å². The van der Waals surface area contributed by atoms with E-state index in [0.29, 0.717) is 19.1 Å². The maximum Gasteiger partial charge on any atom is 0.246 e. The molecule has 0 radical (unpaired) electrons. The van der Waals surface area contributed by atoms with E-state index in [-0.39, 0.29) is 19.1 Å². The summed E-state index contributed by atoms with van der Waals surface area (Å²) in [6.07, 6.45) is 3.90. The highest BCUT2D eigenvalue weighted by molar-refractivity contribution is 5.78. The molecule has 0 aromatic rings. The zero-order valence-electron chi connectivity index (χ0n) is 10.6. The Morgan fingerprint density at radius 3 is 3.00 bits per heavy atom. The van der Waals surface area contributed by atoms with E-state index in [9.17, 15) is 9.90 Å². The molecule has 5 heteroatoms. The van der Waals surface area contributed by atoms with Crippen LogP contribution in [0.4, 0.5) is 0 Å². The summed E-state index contributed by atoms with van der Waals surface area (Å²) >= 11 is 0. The van der Waals surface area contributed by atoms with Crippen LogP contribution < -0.4 is 11.1 Å². The second kappa shape index (κ2) is 6.93. The van der Waals surface area contributed by atoms with Gasteiger partial charge in [0, 0.05) is 6.54 Å². The van der Waals surface area contributed by atoms with E-state index in [2.05, 4.69) is 12.2 Å². The van der Waals surface area contributed by atoms with Crippen LogP contribution in [0.1, 0.15) is 32.6 Å². The minimum Gasteiger partial charge on any atom is -0.394 e. The van der Waals surface area contributed by atoms with Gasteiger partial charge in [-0.3, -0.25) is 4.79 Å². The van der Waals surface area contributed by atoms with E-state index >= 15 is 0 Å². The number of aliphatic hydroxyl groups is 1. The van der Waals surface area contributed by atoms with Gasteiger partial charge in [-0.25, -0.2) is 0 Å². The summed E-state index contributed by atoms with van der Waals surface area (Å²) in [5.74, 6) is 0.378. The van der Waals surface area contributed by atoms with Gasteiger partial charge in [-0.1, -0.05) is 19.8 Å². The minimum absolute atomic E-state index is 0.0000309. The molecule has 2 unspecified atom stereocenters. The van der Waals surface area contributed by atoms with Crippen molar-refractivity contribution in [3.63, 3.8) is 0 Å². The number of aliphatic hydroxyl groups excluding tert-OH is 1. The van der Waals surface area contributed by atoms with Crippen LogP contribution in [-0.4, -0.2) is 42.9 Å². The molecule has 0 saturated heterocycles. The summed E-state index contributed by atoms with van der Waals surface area (Å²) in [5.41, 5.74) is 4.83. The van der Waals surface area contributed by atoms with Gasteiger partial charge in [0.1, 0.15) is 6.61 Å². The average Bonchev–Trinajstić information content (AvgIpc) is 2.29. The van der Waals surface area contributed by atoms with Gasteiger partial charge in [-0.2, -0.15) is 0 Å². The van der Waals surface area contributed by atoms with Crippen LogP contribution in [0.2, 0.25) is 0 Å². The summed E-state index contributed by atoms with van der Waals surface area (Å²) in [7, 11) is 0. The lowest BCUT2D eigenvalue weighted by molar-refractivity contribution is -0.129. The van der Waals surface area contributed by atoms with Crippen molar-refractivity contribution in [2.24, 2.45) is 11.7 Å². The van der Waals surface area contributed by atoms with Crippen LogP contribution in [0.5, 0.6) is 0 Å². The fourth-order valence-electron chi connectivity index (χ4n) is 2.54. The number of carbonyl (C=O) groups excluding carboxylic acids is 1. The maximum absolute atomic E-state index is 11.7. The number of rotatable bonds is 6. The Morgan fingerprint density at radius 2 is 2.41 bits per heavy atom. The average molecular weight is 244 g/mol. The lowest BCUT2D eigenvalue weighted by atomic mass is 9.77. The molecule has 17 heavy (non-hydrogen) atoms. The standard InChI is InChI=1S/C12H24N2O3/c1-10-3-2-4-12(7-10,9-15)14-11(16)8-17-6-5-13/h10,15H,2-9,13H2,1H3,(H,14,16). The number of nitrogens with one attached hydrogen (secondary N) is 1. The first-order valence-electron chi connectivity index (χ1n) is 6.31. The molecular weight excluding hydrogens is 220 g/mol. The van der Waals surface area contributed by atoms with Gasteiger partial charge in [0.05, 0.1) is 18.8 Å². The summed E-state index contributed by atoms with van der Waals surface area (Å²) in [4.78, 5) is 11.7. The number of carbonyl (C=O) groups is 1. The van der Waals surface area contributed by atoms with Crippen molar-refractivity contribution in [1.82, 2.24) is 5.32 Å². The molecule has 0 aromatic carbocycles. The Balaban J connectivity index is 2.42. The summed E-state index contributed by atoms with van der Waals surface area (Å²) in [6, 6.07) is 0. The fourth-order valence-corrected chi connectivity index (χ4v) is 2.54. The second-order valence-electron chi connectivity index (χ2n) is 5.03. The van der Waals surface area contributed by atoms with Crippen molar-refractivity contribution in [2.45, 2.75) is 38.1 Å². The van der Waals surface area contributed by atoms with Gasteiger partial charge in [0.15, 0.2) is 0 Å². The number of ether oxygens (including phenoxy) is 1. The van der Waals surface area contributed by atoms with Gasteiger partial charge in [0.2, 0.25) is 5.91 Å². The molecule has 2 atom stereocenters. The van der Waals surface area contributed by atoms with Crippen molar-refractivity contribution >= 4 is 5.91 Å². The Kier molecular flexibility index (Phi) is 5.88. The largest absolute Gasteiger partial charge is 0.394 e. The van der Waals surface area contributed by atoms with Crippen LogP contribution in [0, 0.1) is 5.92 Å². The van der Waals surface area contributed by atoms with Crippen LogP contribution in [0.3, 0.4) is 0 Å². The number of hydrogen-bond donors (Lipinski definition) is 3. The number of amides is 1. The van der Waals surface area contributed by atoms with Crippen LogP contribution in [0.25, 0.3) is 0 Å². The first-order chi connectivity index (χ1) is 8.12. The van der Waals surface area contributed by atoms with Crippen molar-refractivity contribution in [3.05, 3.63) is 0 Å². The monoisotopic (exact) mass is 244 g/mol. The molecular formula is C12H24N2O3. The quantitative estimate of drug-likeness (QED) is 0.575. The first-order valence-corrected chi connectivity index (χ1v) is 6.31. The van der Waals surface area contributed by atoms with Crippen LogP contribution >= 0.6 is 0 Å². The summed E-state index contributed by atoms with van der Waals surface area (Å²) < 4.78 is 5.08. The lowest BCUT2D eigenvalue weighted by Gasteiger charge is -2.39. The molecule has 0 spiro atoms. The topological polar surface area (TPSA) is 84.6 Å². The molecule has 4 N–H and O–H groups in total. The Hall–Kier alpha value is -0.650. The van der Waals surface area contributed by atoms with Crippen molar-refractivity contribution in [3.8, 4) is 0 Å². The summed E-state index contributed by atoms with van der Waals surface area (Å²) in [6.45, 7) is 2.97. The smallest absolute Gasteiger partial charge is 0.246 e. The second-order valence-corrected chi connectivity index (χ2v) is 5.03. The third kappa shape index (κ3) is 4.61. The van der Waals surface area contributed by atoms with E-state index in [1.807, 2.05) is 0 Å². The SMILES string of the molecule is CC1CCCC(CO)(NC(=O)COCCN)C1. The normalized spacial score (nSPS) is 29.0. The zero-order chi connectivity index (χ0) is 12.7. The Bertz CT molecular complexity index is 248. The Morgan fingerprint density at radius 1 is 1.65 bits per heavy atom. The molecule has 1 fully saturated rings. The van der Waals surface area contributed by atoms with Crippen molar-refractivity contribution in [1.29, 1.82) is 0 Å². The van der Waals surface area contributed by atoms with E-state index in [4.69, 9.17) is 10.5 Å². The third-order valence-corrected chi connectivity index (χ3v) is 3.29. The van der Waals surface area contributed by atoms with Crippen LogP contribution in [0.15, 0.2) is 0 Å². The molecule has 1 aliphatic rings. The van der Waals surface area contributed by atoms with E-state index < -0.39 is 5.54 Å². The van der Waals surface area contributed by atoms with E-state index in [0.717, 1.165) is 19.3 Å².